The molecule has 0 unspecified atom stereocenters. The molecule has 13 rings (SSSR count). The van der Waals surface area contributed by atoms with E-state index in [0.717, 1.165) is 82.8 Å². The molecular formula is C69H43N7O4. The van der Waals surface area contributed by atoms with Gasteiger partial charge in [0.25, 0.3) is 0 Å². The summed E-state index contributed by atoms with van der Waals surface area (Å²) in [7, 11) is 0. The second-order valence-electron chi connectivity index (χ2n) is 19.2. The Morgan fingerprint density at radius 2 is 0.863 bits per heavy atom. The number of hydrogen-bond donors (Lipinski definition) is 0. The zero-order valence-corrected chi connectivity index (χ0v) is 42.7. The Morgan fingerprint density at radius 3 is 1.43 bits per heavy atom. The van der Waals surface area contributed by atoms with Gasteiger partial charge in [0.05, 0.1) is 56.5 Å². The molecule has 0 radical (unpaired) electrons. The number of rotatable bonds is 12. The largest absolute Gasteiger partial charge is 0.457 e. The lowest BCUT2D eigenvalue weighted by Gasteiger charge is -2.16. The van der Waals surface area contributed by atoms with Gasteiger partial charge in [-0.2, -0.15) is 10.5 Å². The van der Waals surface area contributed by atoms with E-state index in [1.807, 2.05) is 206 Å². The third kappa shape index (κ3) is 9.03. The maximum absolute atomic E-state index is 13.6. The number of hydrogen-bond acceptors (Lipinski definition) is 9. The molecule has 11 nitrogen and oxygen atoms in total. The van der Waals surface area contributed by atoms with Crippen LogP contribution in [0, 0.1) is 22.7 Å². The van der Waals surface area contributed by atoms with Crippen LogP contribution in [0.4, 0.5) is 0 Å². The number of ether oxygens (including phenoxy) is 2. The van der Waals surface area contributed by atoms with Gasteiger partial charge >= 0.3 is 11.9 Å². The summed E-state index contributed by atoms with van der Waals surface area (Å²) in [4.78, 5) is 42.7. The highest BCUT2D eigenvalue weighted by atomic mass is 16.5. The zero-order valence-electron chi connectivity index (χ0n) is 42.7. The van der Waals surface area contributed by atoms with Gasteiger partial charge in [-0.25, -0.2) is 24.5 Å². The predicted molar refractivity (Wildman–Crippen MR) is 311 cm³/mol. The van der Waals surface area contributed by atoms with E-state index in [0.29, 0.717) is 45.0 Å². The number of nitrogens with zero attached hydrogens (tertiary/aromatic N) is 7. The molecule has 0 saturated heterocycles. The normalized spacial score (nSPS) is 11.2. The summed E-state index contributed by atoms with van der Waals surface area (Å²) < 4.78 is 15.8. The summed E-state index contributed by atoms with van der Waals surface area (Å²) >= 11 is 0. The minimum Gasteiger partial charge on any atom is -0.457 e. The Hall–Kier alpha value is -11.3. The standard InChI is InChI=1S/C69H43N7O4/c70-40-46-19-14-22-48(35-46)54-32-31-53(76-62-26-13-11-24-56(62)59-37-50(29-34-64(59)76)69(78)80-43-45-17-6-2-7-18-45)39-60(54)67-73-65(47-20-8-3-9-21-47)72-66(74-67)57-38-52(30-27-51(57)41-71)75-61-25-12-10-23-55(61)58-36-49(28-33-63(58)75)68(77)79-42-44-15-4-1-5-16-44/h1-39H,42-43H2. The first kappa shape index (κ1) is 48.4. The molecule has 3 heterocycles. The number of nitriles is 2. The highest BCUT2D eigenvalue weighted by Crippen LogP contribution is 2.40. The summed E-state index contributed by atoms with van der Waals surface area (Å²) in [5.41, 5.74) is 11.9. The van der Waals surface area contributed by atoms with Crippen LogP contribution in [0.5, 0.6) is 0 Å². The lowest BCUT2D eigenvalue weighted by Crippen LogP contribution is -2.05. The lowest BCUT2D eigenvalue weighted by molar-refractivity contribution is 0.0464. The zero-order chi connectivity index (χ0) is 54.1. The molecule has 0 aliphatic rings. The minimum atomic E-state index is -0.429. The van der Waals surface area contributed by atoms with Crippen molar-refractivity contribution in [2.75, 3.05) is 0 Å². The molecule has 0 fully saturated rings. The summed E-state index contributed by atoms with van der Waals surface area (Å²) in [6, 6.07) is 79.9. The molecule has 80 heavy (non-hydrogen) atoms. The SMILES string of the molecule is N#Cc1cccc(-c2ccc(-n3c4ccccc4c4cc(C(=O)OCc5ccccc5)ccc43)cc2-c2nc(-c3ccccc3)nc(-c3cc(-n4c5ccccc5c5cc(C(=O)OCc6ccccc6)ccc54)ccc3C#N)n2)c1. The van der Waals surface area contributed by atoms with Crippen LogP contribution in [-0.2, 0) is 22.7 Å². The molecule has 378 valence electrons. The van der Waals surface area contributed by atoms with Gasteiger partial charge in [0.1, 0.15) is 13.2 Å². The fourth-order valence-electron chi connectivity index (χ4n) is 10.5. The molecule has 0 aliphatic carbocycles. The smallest absolute Gasteiger partial charge is 0.338 e. The monoisotopic (exact) mass is 1030 g/mol. The molecule has 0 saturated carbocycles. The summed E-state index contributed by atoms with van der Waals surface area (Å²) in [6.07, 6.45) is 0. The molecule has 10 aromatic carbocycles. The van der Waals surface area contributed by atoms with E-state index in [1.165, 1.54) is 0 Å². The summed E-state index contributed by atoms with van der Waals surface area (Å²) in [6.45, 7) is 0.303. The molecule has 0 amide bonds. The van der Waals surface area contributed by atoms with Crippen molar-refractivity contribution in [2.24, 2.45) is 0 Å². The van der Waals surface area contributed by atoms with Crippen molar-refractivity contribution in [2.45, 2.75) is 13.2 Å². The number of fused-ring (bicyclic) bond motifs is 6. The quantitative estimate of drug-likeness (QED) is 0.109. The minimum absolute atomic E-state index is 0.151. The van der Waals surface area contributed by atoms with Gasteiger partial charge in [-0.1, -0.05) is 146 Å². The van der Waals surface area contributed by atoms with Crippen LogP contribution >= 0.6 is 0 Å². The maximum Gasteiger partial charge on any atom is 0.338 e. The van der Waals surface area contributed by atoms with Crippen LogP contribution in [0.3, 0.4) is 0 Å². The number of carbonyl (C=O) groups is 2. The van der Waals surface area contributed by atoms with Gasteiger partial charge < -0.3 is 18.6 Å². The molecular weight excluding hydrogens is 991 g/mol. The van der Waals surface area contributed by atoms with E-state index in [4.69, 9.17) is 24.4 Å². The number of carbonyl (C=O) groups excluding carboxylic acids is 2. The first-order chi connectivity index (χ1) is 39.4. The van der Waals surface area contributed by atoms with Gasteiger partial charge in [0.15, 0.2) is 17.5 Å². The molecule has 0 atom stereocenters. The topological polar surface area (TPSA) is 149 Å². The Bertz CT molecular complexity index is 4670. The summed E-state index contributed by atoms with van der Waals surface area (Å²) in [5.74, 6) is 0.125. The first-order valence-corrected chi connectivity index (χ1v) is 25.9. The third-order valence-electron chi connectivity index (χ3n) is 14.3. The van der Waals surface area contributed by atoms with Crippen LogP contribution in [-0.4, -0.2) is 36.0 Å². The van der Waals surface area contributed by atoms with Crippen molar-refractivity contribution in [3.8, 4) is 68.8 Å². The van der Waals surface area contributed by atoms with E-state index < -0.39 is 11.9 Å². The molecule has 0 spiro atoms. The third-order valence-corrected chi connectivity index (χ3v) is 14.3. The fourth-order valence-corrected chi connectivity index (χ4v) is 10.5. The Labute approximate surface area is 459 Å². The number of benzene rings is 10. The molecule has 0 bridgehead atoms. The van der Waals surface area contributed by atoms with Crippen molar-refractivity contribution >= 4 is 55.6 Å². The van der Waals surface area contributed by atoms with E-state index in [2.05, 4.69) is 27.3 Å². The molecule has 3 aromatic heterocycles. The van der Waals surface area contributed by atoms with Gasteiger partial charge in [-0.05, 0) is 113 Å². The Morgan fingerprint density at radius 1 is 0.388 bits per heavy atom. The van der Waals surface area contributed by atoms with E-state index in [9.17, 15) is 20.1 Å². The van der Waals surface area contributed by atoms with E-state index in [1.54, 1.807) is 24.3 Å². The number of aromatic nitrogens is 5. The van der Waals surface area contributed by atoms with Gasteiger partial charge in [-0.15, -0.1) is 0 Å². The van der Waals surface area contributed by atoms with Crippen LogP contribution < -0.4 is 0 Å². The van der Waals surface area contributed by atoms with Gasteiger partial charge in [0, 0.05) is 49.6 Å². The molecule has 11 heteroatoms. The van der Waals surface area contributed by atoms with Crippen molar-refractivity contribution in [3.63, 3.8) is 0 Å². The van der Waals surface area contributed by atoms with Crippen molar-refractivity contribution in [1.29, 1.82) is 10.5 Å². The number of esters is 2. The van der Waals surface area contributed by atoms with Crippen LogP contribution in [0.1, 0.15) is 43.0 Å². The fraction of sp³-hybridized carbons (Fsp3) is 0.0290. The average molecular weight is 1030 g/mol. The van der Waals surface area contributed by atoms with Crippen molar-refractivity contribution < 1.29 is 19.1 Å². The van der Waals surface area contributed by atoms with Crippen LogP contribution in [0.15, 0.2) is 237 Å². The van der Waals surface area contributed by atoms with Crippen molar-refractivity contribution in [1.82, 2.24) is 24.1 Å². The van der Waals surface area contributed by atoms with E-state index >= 15 is 0 Å². The predicted octanol–water partition coefficient (Wildman–Crippen LogP) is 15.2. The molecule has 0 aliphatic heterocycles. The Balaban J connectivity index is 0.968. The van der Waals surface area contributed by atoms with E-state index in [-0.39, 0.29) is 19.0 Å². The van der Waals surface area contributed by atoms with Gasteiger partial charge in [-0.3, -0.25) is 0 Å². The highest BCUT2D eigenvalue weighted by Gasteiger charge is 2.23. The lowest BCUT2D eigenvalue weighted by atomic mass is 9.96. The summed E-state index contributed by atoms with van der Waals surface area (Å²) in [5, 5.41) is 24.6. The van der Waals surface area contributed by atoms with Crippen molar-refractivity contribution in [3.05, 3.63) is 270 Å². The molecule has 13 aromatic rings. The Kier molecular flexibility index (Phi) is 12.5. The second kappa shape index (κ2) is 20.7. The molecule has 0 N–H and O–H groups in total. The maximum atomic E-state index is 13.6. The van der Waals surface area contributed by atoms with Crippen LogP contribution in [0.25, 0.3) is 100 Å². The van der Waals surface area contributed by atoms with Gasteiger partial charge in [0.2, 0.25) is 0 Å². The van der Waals surface area contributed by atoms with Crippen LogP contribution in [0.2, 0.25) is 0 Å². The second-order valence-corrected chi connectivity index (χ2v) is 19.2. The first-order valence-electron chi connectivity index (χ1n) is 25.9. The average Bonchev–Trinajstić information content (AvgIpc) is 4.06. The highest BCUT2D eigenvalue weighted by molar-refractivity contribution is 6.12. The number of para-hydroxylation sites is 2.